The summed E-state index contributed by atoms with van der Waals surface area (Å²) >= 11 is 6.33. The fourth-order valence-corrected chi connectivity index (χ4v) is 4.89. The normalized spacial score (nSPS) is 17.2. The van der Waals surface area contributed by atoms with Gasteiger partial charge >= 0.3 is 0 Å². The number of halogens is 1. The molecule has 0 N–H and O–H groups in total. The van der Waals surface area contributed by atoms with Crippen LogP contribution in [-0.2, 0) is 12.8 Å². The molecule has 4 rings (SSSR count). The molecule has 2 aliphatic rings. The zero-order valence-electron chi connectivity index (χ0n) is 17.0. The van der Waals surface area contributed by atoms with Crippen LogP contribution in [0, 0.1) is 0 Å². The van der Waals surface area contributed by atoms with Crippen molar-refractivity contribution < 1.29 is 0 Å². The molecule has 1 aromatic heterocycles. The maximum Gasteiger partial charge on any atom is 0.0739 e. The second-order valence-corrected chi connectivity index (χ2v) is 8.63. The number of pyridine rings is 1. The van der Waals surface area contributed by atoms with E-state index in [0.717, 1.165) is 30.7 Å². The van der Waals surface area contributed by atoms with E-state index < -0.39 is 0 Å². The Kier molecular flexibility index (Phi) is 6.49. The molecule has 148 valence electrons. The zero-order chi connectivity index (χ0) is 19.3. The molecule has 0 bridgehead atoms. The van der Waals surface area contributed by atoms with Crippen LogP contribution in [0.3, 0.4) is 0 Å². The minimum atomic E-state index is 0.837. The quantitative estimate of drug-likeness (QED) is 0.552. The van der Waals surface area contributed by atoms with Crippen molar-refractivity contribution in [2.45, 2.75) is 58.3 Å². The Labute approximate surface area is 174 Å². The topological polar surface area (TPSA) is 16.1 Å². The predicted octanol–water partition coefficient (Wildman–Crippen LogP) is 6.31. The average molecular weight is 395 g/mol. The van der Waals surface area contributed by atoms with Gasteiger partial charge in [0.2, 0.25) is 0 Å². The number of unbranched alkanes of at least 4 members (excludes halogenated alkanes) is 3. The van der Waals surface area contributed by atoms with Crippen molar-refractivity contribution in [3.63, 3.8) is 0 Å². The summed E-state index contributed by atoms with van der Waals surface area (Å²) in [6.45, 7) is 5.89. The molecule has 1 aliphatic heterocycles. The van der Waals surface area contributed by atoms with E-state index in [1.54, 1.807) is 5.57 Å². The molecule has 0 amide bonds. The number of hydrogen-bond donors (Lipinski definition) is 0. The number of rotatable bonds is 5. The van der Waals surface area contributed by atoms with Crippen LogP contribution < -0.4 is 0 Å². The molecule has 0 atom stereocenters. The van der Waals surface area contributed by atoms with Gasteiger partial charge in [0.1, 0.15) is 0 Å². The Morgan fingerprint density at radius 1 is 0.964 bits per heavy atom. The third-order valence-corrected chi connectivity index (χ3v) is 6.50. The summed E-state index contributed by atoms with van der Waals surface area (Å²) in [5.41, 5.74) is 8.28. The van der Waals surface area contributed by atoms with Gasteiger partial charge in [0, 0.05) is 29.9 Å². The fraction of sp³-hybridized carbons (Fsp3) is 0.480. The molecule has 3 heteroatoms. The number of hydrogen-bond acceptors (Lipinski definition) is 2. The van der Waals surface area contributed by atoms with Crippen molar-refractivity contribution in [1.29, 1.82) is 0 Å². The van der Waals surface area contributed by atoms with E-state index in [1.807, 2.05) is 12.3 Å². The monoisotopic (exact) mass is 394 g/mol. The highest BCUT2D eigenvalue weighted by Gasteiger charge is 2.24. The highest BCUT2D eigenvalue weighted by atomic mass is 35.5. The van der Waals surface area contributed by atoms with E-state index in [2.05, 4.69) is 36.1 Å². The van der Waals surface area contributed by atoms with E-state index in [4.69, 9.17) is 16.6 Å². The summed E-state index contributed by atoms with van der Waals surface area (Å²) in [6, 6.07) is 10.7. The molecule has 1 aromatic carbocycles. The van der Waals surface area contributed by atoms with Gasteiger partial charge in [-0.1, -0.05) is 55.5 Å². The molecule has 0 unspecified atom stereocenters. The first kappa shape index (κ1) is 19.7. The van der Waals surface area contributed by atoms with Gasteiger partial charge in [-0.15, -0.1) is 0 Å². The molecular formula is C25H31ClN2. The molecule has 1 fully saturated rings. The summed E-state index contributed by atoms with van der Waals surface area (Å²) < 4.78 is 0. The first-order valence-electron chi connectivity index (χ1n) is 10.9. The van der Waals surface area contributed by atoms with Crippen LogP contribution in [0.1, 0.15) is 67.8 Å². The Bertz CT molecular complexity index is 845. The van der Waals surface area contributed by atoms with Gasteiger partial charge in [0.25, 0.3) is 0 Å². The van der Waals surface area contributed by atoms with Gasteiger partial charge in [-0.05, 0) is 73.5 Å². The molecule has 2 heterocycles. The summed E-state index contributed by atoms with van der Waals surface area (Å²) in [7, 11) is 0. The second-order valence-electron chi connectivity index (χ2n) is 8.19. The molecule has 28 heavy (non-hydrogen) atoms. The molecule has 0 spiro atoms. The average Bonchev–Trinajstić information content (AvgIpc) is 2.88. The molecule has 0 saturated carbocycles. The van der Waals surface area contributed by atoms with Crippen molar-refractivity contribution in [3.05, 3.63) is 69.5 Å². The number of benzene rings is 1. The maximum atomic E-state index is 6.33. The maximum absolute atomic E-state index is 6.33. The smallest absolute Gasteiger partial charge is 0.0739 e. The number of aryl methyl sites for hydroxylation is 2. The minimum Gasteiger partial charge on any atom is -0.303 e. The van der Waals surface area contributed by atoms with Gasteiger partial charge in [-0.25, -0.2) is 0 Å². The lowest BCUT2D eigenvalue weighted by atomic mass is 9.88. The lowest BCUT2D eigenvalue weighted by Crippen LogP contribution is -2.32. The Morgan fingerprint density at radius 3 is 2.61 bits per heavy atom. The van der Waals surface area contributed by atoms with Crippen LogP contribution in [-0.4, -0.2) is 29.5 Å². The first-order chi connectivity index (χ1) is 13.8. The second kappa shape index (κ2) is 9.24. The number of likely N-dealkylation sites (tertiary alicyclic amines) is 1. The van der Waals surface area contributed by atoms with E-state index >= 15 is 0 Å². The van der Waals surface area contributed by atoms with Crippen LogP contribution >= 0.6 is 11.6 Å². The number of fused-ring (bicyclic) bond motifs is 2. The van der Waals surface area contributed by atoms with E-state index in [9.17, 15) is 0 Å². The van der Waals surface area contributed by atoms with Gasteiger partial charge in [0.15, 0.2) is 0 Å². The van der Waals surface area contributed by atoms with Gasteiger partial charge in [0.05, 0.1) is 5.69 Å². The van der Waals surface area contributed by atoms with Crippen LogP contribution in [0.4, 0.5) is 0 Å². The van der Waals surface area contributed by atoms with Crippen molar-refractivity contribution in [1.82, 2.24) is 9.88 Å². The Hall–Kier alpha value is -1.64. The summed E-state index contributed by atoms with van der Waals surface area (Å²) in [5, 5.41) is 0.837. The molecule has 2 aromatic rings. The largest absolute Gasteiger partial charge is 0.303 e. The number of aromatic nitrogens is 1. The first-order valence-corrected chi connectivity index (χ1v) is 11.3. The number of nitrogens with zero attached hydrogens (tertiary/aromatic N) is 2. The summed E-state index contributed by atoms with van der Waals surface area (Å²) in [6.07, 6.45) is 11.7. The summed E-state index contributed by atoms with van der Waals surface area (Å²) in [5.74, 6) is 0. The third-order valence-electron chi connectivity index (χ3n) is 6.27. The standard InChI is InChI=1S/C25H31ClN2/c1-2-3-4-5-15-28-16-12-19(13-17-28)24-23-11-10-22(26)18-21(23)9-8-20-7-6-14-27-25(20)24/h6-7,10-11,14,18H,2-5,8-9,12-13,15-17H2,1H3. The van der Waals surface area contributed by atoms with Gasteiger partial charge in [-0.3, -0.25) is 4.98 Å². The van der Waals surface area contributed by atoms with E-state index in [-0.39, 0.29) is 0 Å². The lowest BCUT2D eigenvalue weighted by Gasteiger charge is -2.30. The van der Waals surface area contributed by atoms with Gasteiger partial charge < -0.3 is 4.90 Å². The van der Waals surface area contributed by atoms with Crippen LogP contribution in [0.25, 0.3) is 5.57 Å². The predicted molar refractivity (Wildman–Crippen MR) is 119 cm³/mol. The summed E-state index contributed by atoms with van der Waals surface area (Å²) in [4.78, 5) is 7.49. The number of piperidine rings is 1. The lowest BCUT2D eigenvalue weighted by molar-refractivity contribution is 0.251. The fourth-order valence-electron chi connectivity index (χ4n) is 4.69. The van der Waals surface area contributed by atoms with Crippen LogP contribution in [0.2, 0.25) is 5.02 Å². The highest BCUT2D eigenvalue weighted by Crippen LogP contribution is 2.38. The van der Waals surface area contributed by atoms with Crippen molar-refractivity contribution in [2.75, 3.05) is 19.6 Å². The van der Waals surface area contributed by atoms with Crippen molar-refractivity contribution in [2.24, 2.45) is 0 Å². The van der Waals surface area contributed by atoms with Crippen LogP contribution in [0.15, 0.2) is 42.1 Å². The Morgan fingerprint density at radius 2 is 1.79 bits per heavy atom. The SMILES string of the molecule is CCCCCCN1CCC(=C2c3ccc(Cl)cc3CCc3cccnc32)CC1. The van der Waals surface area contributed by atoms with Crippen LogP contribution in [0.5, 0.6) is 0 Å². The van der Waals surface area contributed by atoms with Gasteiger partial charge in [-0.2, -0.15) is 0 Å². The third kappa shape index (κ3) is 4.34. The Balaban J connectivity index is 1.62. The van der Waals surface area contributed by atoms with E-state index in [0.29, 0.717) is 0 Å². The molecule has 0 radical (unpaired) electrons. The zero-order valence-corrected chi connectivity index (χ0v) is 17.8. The molecular weight excluding hydrogens is 364 g/mol. The molecule has 1 aliphatic carbocycles. The van der Waals surface area contributed by atoms with Crippen molar-refractivity contribution in [3.8, 4) is 0 Å². The molecule has 2 nitrogen and oxygen atoms in total. The van der Waals surface area contributed by atoms with E-state index in [1.165, 1.54) is 73.3 Å². The van der Waals surface area contributed by atoms with Crippen molar-refractivity contribution >= 4 is 17.2 Å². The molecule has 1 saturated heterocycles. The minimum absolute atomic E-state index is 0.837. The highest BCUT2D eigenvalue weighted by molar-refractivity contribution is 6.30.